The Kier molecular flexibility index (Phi) is 12.2. The van der Waals surface area contributed by atoms with E-state index in [-0.39, 0.29) is 37.9 Å². The molecule has 1 amide bonds. The Balaban J connectivity index is 0.00000544. The average Bonchev–Trinajstić information content (AvgIpc) is 3.26. The summed E-state index contributed by atoms with van der Waals surface area (Å²) in [5, 5.41) is 21.6. The predicted molar refractivity (Wildman–Crippen MR) is 119 cm³/mol. The van der Waals surface area contributed by atoms with Gasteiger partial charge in [0, 0.05) is 13.0 Å². The number of carbonyl (C=O) groups excluding carboxylic acids is 2. The third kappa shape index (κ3) is 9.22. The van der Waals surface area contributed by atoms with Crippen LogP contribution in [0.5, 0.6) is 0 Å². The van der Waals surface area contributed by atoms with Gasteiger partial charge in [-0.25, -0.2) is 4.79 Å². The van der Waals surface area contributed by atoms with Crippen LogP contribution in [0.25, 0.3) is 0 Å². The van der Waals surface area contributed by atoms with Crippen molar-refractivity contribution >= 4 is 30.3 Å². The van der Waals surface area contributed by atoms with Crippen molar-refractivity contribution in [2.24, 2.45) is 0 Å². The van der Waals surface area contributed by atoms with Gasteiger partial charge >= 0.3 is 11.9 Å². The van der Waals surface area contributed by atoms with Gasteiger partial charge in [0.1, 0.15) is 12.1 Å². The van der Waals surface area contributed by atoms with Crippen LogP contribution in [0.2, 0.25) is 0 Å². The minimum absolute atomic E-state index is 0. The lowest BCUT2D eigenvalue weighted by Crippen LogP contribution is -2.53. The molecule has 0 unspecified atom stereocenters. The molecule has 1 saturated heterocycles. The number of aliphatic carboxylic acids is 1. The number of carboxylic acid groups (broad SMARTS) is 1. The van der Waals surface area contributed by atoms with Crippen molar-refractivity contribution in [1.82, 2.24) is 10.2 Å². The molecule has 0 aromatic heterocycles. The van der Waals surface area contributed by atoms with Crippen molar-refractivity contribution in [3.05, 3.63) is 46.0 Å². The Hall–Kier alpha value is -2.92. The molecule has 2 N–H and O–H groups in total. The monoisotopic (exact) mass is 487 g/mol. The Bertz CT molecular complexity index is 795. The molecule has 1 aromatic carbocycles. The summed E-state index contributed by atoms with van der Waals surface area (Å²) in [6.07, 6.45) is 2.08. The molecule has 0 saturated carbocycles. The lowest BCUT2D eigenvalue weighted by molar-refractivity contribution is -0.757. The first-order valence-electron chi connectivity index (χ1n) is 10.6. The van der Waals surface area contributed by atoms with E-state index < -0.39 is 35.2 Å². The van der Waals surface area contributed by atoms with Gasteiger partial charge in [0.2, 0.25) is 5.91 Å². The van der Waals surface area contributed by atoms with Gasteiger partial charge in [-0.05, 0) is 38.2 Å². The van der Waals surface area contributed by atoms with Gasteiger partial charge < -0.3 is 19.6 Å². The third-order valence-corrected chi connectivity index (χ3v) is 5.22. The average molecular weight is 488 g/mol. The van der Waals surface area contributed by atoms with Crippen molar-refractivity contribution in [3.8, 4) is 0 Å². The molecular formula is C21H30ClN3O8. The SMILES string of the molecule is C[C@H](N[C@@H](CCc1ccccc1)C(=O)OCCCO[N+](=O)[O-])C(=O)N1CCC[C@H]1C(=O)O.Cl. The summed E-state index contributed by atoms with van der Waals surface area (Å²) >= 11 is 0. The lowest BCUT2D eigenvalue weighted by Gasteiger charge is -2.28. The zero-order valence-corrected chi connectivity index (χ0v) is 19.2. The van der Waals surface area contributed by atoms with Gasteiger partial charge in [0.05, 0.1) is 19.3 Å². The van der Waals surface area contributed by atoms with E-state index in [2.05, 4.69) is 10.2 Å². The molecule has 2 rings (SSSR count). The highest BCUT2D eigenvalue weighted by molar-refractivity contribution is 5.88. The number of likely N-dealkylation sites (tertiary alicyclic amines) is 1. The second-order valence-electron chi connectivity index (χ2n) is 7.57. The molecule has 1 aliphatic rings. The number of rotatable bonds is 13. The Morgan fingerprint density at radius 3 is 2.61 bits per heavy atom. The van der Waals surface area contributed by atoms with E-state index in [1.54, 1.807) is 6.92 Å². The van der Waals surface area contributed by atoms with E-state index in [4.69, 9.17) is 4.74 Å². The quantitative estimate of drug-likeness (QED) is 0.183. The topological polar surface area (TPSA) is 148 Å². The molecule has 1 aliphatic heterocycles. The summed E-state index contributed by atoms with van der Waals surface area (Å²) in [5.74, 6) is -2.01. The number of carbonyl (C=O) groups is 3. The van der Waals surface area contributed by atoms with Crippen molar-refractivity contribution in [1.29, 1.82) is 0 Å². The maximum absolute atomic E-state index is 12.8. The molecule has 1 heterocycles. The number of halogens is 1. The highest BCUT2D eigenvalue weighted by Crippen LogP contribution is 2.19. The fourth-order valence-corrected chi connectivity index (χ4v) is 3.61. The van der Waals surface area contributed by atoms with Crippen LogP contribution in [-0.4, -0.2) is 70.8 Å². The standard InChI is InChI=1S/C21H29N3O8.ClH/c1-15(19(25)23-12-5-9-18(23)20(26)27)22-17(11-10-16-7-3-2-4-8-16)21(28)31-13-6-14-32-24(29)30;/h2-4,7-8,15,17-18,22H,5-6,9-14H2,1H3,(H,26,27);1H/t15-,17-,18-;/m0./s1. The van der Waals surface area contributed by atoms with Gasteiger partial charge in [-0.1, -0.05) is 30.3 Å². The lowest BCUT2D eigenvalue weighted by atomic mass is 10.0. The van der Waals surface area contributed by atoms with E-state index in [0.29, 0.717) is 32.2 Å². The molecule has 11 nitrogen and oxygen atoms in total. The summed E-state index contributed by atoms with van der Waals surface area (Å²) in [6.45, 7) is 1.69. The number of carboxylic acids is 1. The zero-order chi connectivity index (χ0) is 23.5. The van der Waals surface area contributed by atoms with Crippen molar-refractivity contribution in [2.75, 3.05) is 19.8 Å². The molecular weight excluding hydrogens is 458 g/mol. The van der Waals surface area contributed by atoms with Crippen molar-refractivity contribution in [2.45, 2.75) is 57.2 Å². The van der Waals surface area contributed by atoms with Crippen LogP contribution in [0, 0.1) is 10.1 Å². The van der Waals surface area contributed by atoms with Crippen LogP contribution in [0.1, 0.15) is 38.2 Å². The van der Waals surface area contributed by atoms with Gasteiger partial charge in [0.15, 0.2) is 0 Å². The first-order chi connectivity index (χ1) is 15.3. The third-order valence-electron chi connectivity index (χ3n) is 5.22. The molecule has 3 atom stereocenters. The van der Waals surface area contributed by atoms with Crippen LogP contribution in [0.4, 0.5) is 0 Å². The predicted octanol–water partition coefficient (Wildman–Crippen LogP) is 1.60. The molecule has 0 radical (unpaired) electrons. The highest BCUT2D eigenvalue weighted by atomic mass is 35.5. The number of benzene rings is 1. The Morgan fingerprint density at radius 1 is 1.27 bits per heavy atom. The first-order valence-corrected chi connectivity index (χ1v) is 10.6. The van der Waals surface area contributed by atoms with Crippen molar-refractivity contribution in [3.63, 3.8) is 0 Å². The number of nitrogens with one attached hydrogen (secondary N) is 1. The molecule has 0 bridgehead atoms. The number of esters is 1. The summed E-state index contributed by atoms with van der Waals surface area (Å²) in [7, 11) is 0. The van der Waals surface area contributed by atoms with E-state index >= 15 is 0 Å². The van der Waals surface area contributed by atoms with E-state index in [9.17, 15) is 29.6 Å². The van der Waals surface area contributed by atoms with Crippen LogP contribution < -0.4 is 5.32 Å². The van der Waals surface area contributed by atoms with Gasteiger partial charge in [0.25, 0.3) is 5.09 Å². The smallest absolute Gasteiger partial charge is 0.326 e. The highest BCUT2D eigenvalue weighted by Gasteiger charge is 2.37. The number of amides is 1. The van der Waals surface area contributed by atoms with Crippen LogP contribution >= 0.6 is 12.4 Å². The molecule has 1 aromatic rings. The van der Waals surface area contributed by atoms with Gasteiger partial charge in [-0.2, -0.15) is 0 Å². The molecule has 184 valence electrons. The number of hydrogen-bond donors (Lipinski definition) is 2. The second kappa shape index (κ2) is 14.3. The Morgan fingerprint density at radius 2 is 1.97 bits per heavy atom. The number of hydrogen-bond acceptors (Lipinski definition) is 8. The van der Waals surface area contributed by atoms with E-state index in [1.165, 1.54) is 4.90 Å². The van der Waals surface area contributed by atoms with Crippen LogP contribution in [-0.2, 0) is 30.4 Å². The van der Waals surface area contributed by atoms with E-state index in [0.717, 1.165) is 5.56 Å². The minimum Gasteiger partial charge on any atom is -0.480 e. The van der Waals surface area contributed by atoms with E-state index in [1.807, 2.05) is 30.3 Å². The Labute approximate surface area is 197 Å². The molecule has 0 spiro atoms. The maximum atomic E-state index is 12.8. The van der Waals surface area contributed by atoms with Crippen LogP contribution in [0.3, 0.4) is 0 Å². The fourth-order valence-electron chi connectivity index (χ4n) is 3.61. The summed E-state index contributed by atoms with van der Waals surface area (Å²) in [4.78, 5) is 52.6. The summed E-state index contributed by atoms with van der Waals surface area (Å²) in [6, 6.07) is 7.05. The number of aryl methyl sites for hydroxylation is 1. The minimum atomic E-state index is -1.04. The number of nitrogens with zero attached hydrogens (tertiary/aromatic N) is 2. The normalized spacial score (nSPS) is 16.9. The first kappa shape index (κ1) is 28.1. The second-order valence-corrected chi connectivity index (χ2v) is 7.57. The number of ether oxygens (including phenoxy) is 1. The van der Waals surface area contributed by atoms with Crippen LogP contribution in [0.15, 0.2) is 30.3 Å². The maximum Gasteiger partial charge on any atom is 0.326 e. The molecule has 1 fully saturated rings. The molecule has 0 aliphatic carbocycles. The molecule has 33 heavy (non-hydrogen) atoms. The summed E-state index contributed by atoms with van der Waals surface area (Å²) < 4.78 is 5.22. The van der Waals surface area contributed by atoms with Gasteiger partial charge in [-0.15, -0.1) is 22.5 Å². The van der Waals surface area contributed by atoms with Crippen molar-refractivity contribution < 1.29 is 34.2 Å². The fraction of sp³-hybridized carbons (Fsp3) is 0.571. The summed E-state index contributed by atoms with van der Waals surface area (Å²) in [5.41, 5.74) is 1.01. The largest absolute Gasteiger partial charge is 0.480 e. The zero-order valence-electron chi connectivity index (χ0n) is 18.4. The molecule has 12 heteroatoms. The van der Waals surface area contributed by atoms with Gasteiger partial charge in [-0.3, -0.25) is 14.9 Å².